The number of hydrogen-bond donors (Lipinski definition) is 4. The summed E-state index contributed by atoms with van der Waals surface area (Å²) in [6, 6.07) is 25.9. The van der Waals surface area contributed by atoms with Gasteiger partial charge >= 0.3 is 0 Å². The molecule has 0 aliphatic carbocycles. The highest BCUT2D eigenvalue weighted by Gasteiger charge is 2.22. The van der Waals surface area contributed by atoms with Gasteiger partial charge in [0.25, 0.3) is 0 Å². The Hall–Kier alpha value is -4.72. The molecule has 1 aromatic heterocycles. The van der Waals surface area contributed by atoms with Gasteiger partial charge in [0.1, 0.15) is 6.04 Å². The number of rotatable bonds is 11. The van der Waals surface area contributed by atoms with Gasteiger partial charge in [-0.1, -0.05) is 78.9 Å². The van der Waals surface area contributed by atoms with Gasteiger partial charge in [0.15, 0.2) is 0 Å². The van der Waals surface area contributed by atoms with Crippen LogP contribution in [0, 0.1) is 0 Å². The number of nitrogens with two attached hydrogens (primary N) is 1. The van der Waals surface area contributed by atoms with E-state index in [0.29, 0.717) is 12.1 Å². The number of aromatic amines is 1. The Bertz CT molecular complexity index is 1320. The van der Waals surface area contributed by atoms with Crippen LogP contribution in [0.3, 0.4) is 0 Å². The SMILES string of the molecule is NC(=O)CNC(=O)C(Cc1cnc[nH]1)NC(=O)CCc1ccc(-c2ccc(-c3ccccc3)cc2)cc1. The zero-order valence-electron chi connectivity index (χ0n) is 20.3. The molecular weight excluding hydrogens is 466 g/mol. The van der Waals surface area contributed by atoms with E-state index in [1.54, 1.807) is 6.20 Å². The summed E-state index contributed by atoms with van der Waals surface area (Å²) in [5.74, 6) is -1.40. The van der Waals surface area contributed by atoms with Crippen molar-refractivity contribution in [1.29, 1.82) is 0 Å². The average Bonchev–Trinajstić information content (AvgIpc) is 3.44. The Kier molecular flexibility index (Phi) is 8.44. The van der Waals surface area contributed by atoms with E-state index in [2.05, 4.69) is 57.0 Å². The number of primary amides is 1. The smallest absolute Gasteiger partial charge is 0.243 e. The molecule has 0 aliphatic heterocycles. The minimum absolute atomic E-state index is 0.216. The van der Waals surface area contributed by atoms with Crippen molar-refractivity contribution in [2.24, 2.45) is 5.73 Å². The monoisotopic (exact) mass is 495 g/mol. The molecule has 0 saturated heterocycles. The lowest BCUT2D eigenvalue weighted by Crippen LogP contribution is -2.49. The van der Waals surface area contributed by atoms with E-state index in [0.717, 1.165) is 16.7 Å². The summed E-state index contributed by atoms with van der Waals surface area (Å²) < 4.78 is 0. The molecule has 3 amide bonds. The van der Waals surface area contributed by atoms with Crippen molar-refractivity contribution in [3.63, 3.8) is 0 Å². The van der Waals surface area contributed by atoms with Gasteiger partial charge in [0, 0.05) is 24.7 Å². The Morgan fingerprint density at radius 1 is 0.838 bits per heavy atom. The van der Waals surface area contributed by atoms with E-state index in [1.807, 2.05) is 42.5 Å². The Balaban J connectivity index is 1.32. The summed E-state index contributed by atoms with van der Waals surface area (Å²) >= 11 is 0. The maximum atomic E-state index is 12.6. The number of carbonyl (C=O) groups excluding carboxylic acids is 3. The fraction of sp³-hybridized carbons (Fsp3) is 0.172. The fourth-order valence-corrected chi connectivity index (χ4v) is 4.00. The molecule has 4 aromatic rings. The van der Waals surface area contributed by atoms with Gasteiger partial charge in [0.2, 0.25) is 17.7 Å². The van der Waals surface area contributed by atoms with E-state index in [1.165, 1.54) is 17.5 Å². The van der Waals surface area contributed by atoms with Gasteiger partial charge in [-0.3, -0.25) is 14.4 Å². The Morgan fingerprint density at radius 2 is 1.43 bits per heavy atom. The second-order valence-electron chi connectivity index (χ2n) is 8.73. The van der Waals surface area contributed by atoms with Crippen LogP contribution >= 0.6 is 0 Å². The third-order valence-corrected chi connectivity index (χ3v) is 5.99. The third kappa shape index (κ3) is 7.38. The summed E-state index contributed by atoms with van der Waals surface area (Å²) in [5, 5.41) is 5.20. The number of imidazole rings is 1. The lowest BCUT2D eigenvalue weighted by molar-refractivity contribution is -0.130. The van der Waals surface area contributed by atoms with Crippen molar-refractivity contribution in [3.8, 4) is 22.3 Å². The topological polar surface area (TPSA) is 130 Å². The average molecular weight is 496 g/mol. The third-order valence-electron chi connectivity index (χ3n) is 5.99. The molecule has 5 N–H and O–H groups in total. The first-order chi connectivity index (χ1) is 18.0. The molecule has 1 atom stereocenters. The highest BCUT2D eigenvalue weighted by Crippen LogP contribution is 2.25. The maximum Gasteiger partial charge on any atom is 0.243 e. The van der Waals surface area contributed by atoms with E-state index < -0.39 is 17.9 Å². The molecule has 0 spiro atoms. The number of aryl methyl sites for hydroxylation is 1. The van der Waals surface area contributed by atoms with Gasteiger partial charge in [-0.15, -0.1) is 0 Å². The predicted molar refractivity (Wildman–Crippen MR) is 142 cm³/mol. The Labute approximate surface area is 215 Å². The van der Waals surface area contributed by atoms with Crippen molar-refractivity contribution in [2.45, 2.75) is 25.3 Å². The molecule has 37 heavy (non-hydrogen) atoms. The van der Waals surface area contributed by atoms with Crippen LogP contribution in [0.2, 0.25) is 0 Å². The number of hydrogen-bond acceptors (Lipinski definition) is 4. The van der Waals surface area contributed by atoms with Crippen LogP contribution in [-0.4, -0.2) is 40.3 Å². The number of carbonyl (C=O) groups is 3. The number of amides is 3. The quantitative estimate of drug-likeness (QED) is 0.255. The van der Waals surface area contributed by atoms with E-state index in [4.69, 9.17) is 5.73 Å². The number of nitrogens with zero attached hydrogens (tertiary/aromatic N) is 1. The van der Waals surface area contributed by atoms with Gasteiger partial charge in [-0.2, -0.15) is 0 Å². The fourth-order valence-electron chi connectivity index (χ4n) is 4.00. The zero-order chi connectivity index (χ0) is 26.0. The van der Waals surface area contributed by atoms with Crippen molar-refractivity contribution in [3.05, 3.63) is 103 Å². The highest BCUT2D eigenvalue weighted by atomic mass is 16.2. The van der Waals surface area contributed by atoms with Crippen LogP contribution in [-0.2, 0) is 27.2 Å². The normalized spacial score (nSPS) is 11.5. The van der Waals surface area contributed by atoms with E-state index in [-0.39, 0.29) is 25.3 Å². The van der Waals surface area contributed by atoms with Crippen LogP contribution in [0.25, 0.3) is 22.3 Å². The first kappa shape index (κ1) is 25.4. The molecule has 0 aliphatic rings. The number of nitrogens with one attached hydrogen (secondary N) is 3. The van der Waals surface area contributed by atoms with Crippen LogP contribution in [0.5, 0.6) is 0 Å². The molecule has 8 nitrogen and oxygen atoms in total. The van der Waals surface area contributed by atoms with Gasteiger partial charge in [0.05, 0.1) is 12.9 Å². The molecule has 1 heterocycles. The van der Waals surface area contributed by atoms with Gasteiger partial charge in [-0.05, 0) is 34.2 Å². The molecule has 8 heteroatoms. The summed E-state index contributed by atoms with van der Waals surface area (Å²) in [4.78, 5) is 43.0. The van der Waals surface area contributed by atoms with Crippen molar-refractivity contribution >= 4 is 17.7 Å². The van der Waals surface area contributed by atoms with Gasteiger partial charge in [-0.25, -0.2) is 4.98 Å². The minimum Gasteiger partial charge on any atom is -0.368 e. The van der Waals surface area contributed by atoms with Crippen LogP contribution in [0.4, 0.5) is 0 Å². The zero-order valence-corrected chi connectivity index (χ0v) is 20.3. The predicted octanol–water partition coefficient (Wildman–Crippen LogP) is 3.01. The van der Waals surface area contributed by atoms with Crippen LogP contribution < -0.4 is 16.4 Å². The van der Waals surface area contributed by atoms with E-state index >= 15 is 0 Å². The number of H-pyrrole nitrogens is 1. The van der Waals surface area contributed by atoms with Gasteiger partial charge < -0.3 is 21.4 Å². The molecule has 0 bridgehead atoms. The largest absolute Gasteiger partial charge is 0.368 e. The van der Waals surface area contributed by atoms with Crippen LogP contribution in [0.15, 0.2) is 91.4 Å². The number of aromatic nitrogens is 2. The standard InChI is InChI=1S/C29H29N5O3/c30-27(35)18-32-29(37)26(16-25-17-31-19-33-25)34-28(36)15-8-20-6-9-22(10-7-20)24-13-11-23(12-14-24)21-4-2-1-3-5-21/h1-7,9-14,17,19,26H,8,15-16,18H2,(H2,30,35)(H,31,33)(H,32,37)(H,34,36). The maximum absolute atomic E-state index is 12.6. The summed E-state index contributed by atoms with van der Waals surface area (Å²) in [7, 11) is 0. The molecule has 3 aromatic carbocycles. The minimum atomic E-state index is -0.853. The van der Waals surface area contributed by atoms with Crippen molar-refractivity contribution in [2.75, 3.05) is 6.54 Å². The molecule has 0 fully saturated rings. The summed E-state index contributed by atoms with van der Waals surface area (Å²) in [6.45, 7) is -0.296. The second-order valence-corrected chi connectivity index (χ2v) is 8.73. The highest BCUT2D eigenvalue weighted by molar-refractivity contribution is 5.90. The lowest BCUT2D eigenvalue weighted by atomic mass is 9.99. The van der Waals surface area contributed by atoms with E-state index in [9.17, 15) is 14.4 Å². The van der Waals surface area contributed by atoms with Crippen molar-refractivity contribution < 1.29 is 14.4 Å². The second kappa shape index (κ2) is 12.3. The molecule has 188 valence electrons. The molecular formula is C29H29N5O3. The van der Waals surface area contributed by atoms with Crippen molar-refractivity contribution in [1.82, 2.24) is 20.6 Å². The number of benzene rings is 3. The lowest BCUT2D eigenvalue weighted by Gasteiger charge is -2.17. The first-order valence-corrected chi connectivity index (χ1v) is 12.1. The molecule has 1 unspecified atom stereocenters. The molecule has 4 rings (SSSR count). The van der Waals surface area contributed by atoms with Crippen LogP contribution in [0.1, 0.15) is 17.7 Å². The molecule has 0 radical (unpaired) electrons. The first-order valence-electron chi connectivity index (χ1n) is 12.1. The summed E-state index contributed by atoms with van der Waals surface area (Å²) in [6.07, 6.45) is 4.04. The Morgan fingerprint density at radius 3 is 2.00 bits per heavy atom. The summed E-state index contributed by atoms with van der Waals surface area (Å²) in [5.41, 5.74) is 11.4. The molecule has 0 saturated carbocycles.